The number of aromatic nitrogens is 2. The van der Waals surface area contributed by atoms with Crippen LogP contribution in [0.1, 0.15) is 17.4 Å². The van der Waals surface area contributed by atoms with Crippen LogP contribution in [-0.4, -0.2) is 48.1 Å². The van der Waals surface area contributed by atoms with Crippen LogP contribution in [0.2, 0.25) is 0 Å². The van der Waals surface area contributed by atoms with Crippen LogP contribution in [-0.2, 0) is 7.05 Å². The highest BCUT2D eigenvalue weighted by atomic mass is 35.5. The number of imidazole rings is 1. The van der Waals surface area contributed by atoms with Gasteiger partial charge in [0.15, 0.2) is 11.5 Å². The highest BCUT2D eigenvalue weighted by molar-refractivity contribution is 5.85. The molecule has 162 valence electrons. The minimum Gasteiger partial charge on any atom is -0.497 e. The van der Waals surface area contributed by atoms with Crippen molar-refractivity contribution < 1.29 is 19.3 Å². The molecule has 1 aromatic heterocycles. The maximum Gasteiger partial charge on any atom is 0.161 e. The summed E-state index contributed by atoms with van der Waals surface area (Å²) < 4.78 is 18.3. The minimum absolute atomic E-state index is 0. The van der Waals surface area contributed by atoms with Crippen molar-refractivity contribution in [3.63, 3.8) is 0 Å². The van der Waals surface area contributed by atoms with Gasteiger partial charge in [-0.1, -0.05) is 24.3 Å². The lowest BCUT2D eigenvalue weighted by Gasteiger charge is -2.22. The molecule has 0 radical (unpaired) electrons. The van der Waals surface area contributed by atoms with Crippen molar-refractivity contribution in [2.75, 3.05) is 27.4 Å². The summed E-state index contributed by atoms with van der Waals surface area (Å²) in [5.41, 5.74) is 0.997. The Kier molecular flexibility index (Phi) is 8.98. The van der Waals surface area contributed by atoms with Crippen LogP contribution in [0.15, 0.2) is 60.9 Å². The lowest BCUT2D eigenvalue weighted by Crippen LogP contribution is -2.35. The largest absolute Gasteiger partial charge is 0.497 e. The third-order valence-corrected chi connectivity index (χ3v) is 4.60. The smallest absolute Gasteiger partial charge is 0.161 e. The second-order valence-electron chi connectivity index (χ2n) is 6.63. The number of hydrogen-bond donors (Lipinski definition) is 2. The van der Waals surface area contributed by atoms with Gasteiger partial charge in [0.1, 0.15) is 24.3 Å². The Morgan fingerprint density at radius 1 is 1.07 bits per heavy atom. The predicted molar refractivity (Wildman–Crippen MR) is 118 cm³/mol. The number of halogens is 1. The molecular weight excluding hydrogens is 406 g/mol. The number of hydrogen-bond acceptors (Lipinski definition) is 6. The summed E-state index contributed by atoms with van der Waals surface area (Å²) >= 11 is 0. The molecule has 8 heteroatoms. The Morgan fingerprint density at radius 3 is 2.50 bits per heavy atom. The number of nitrogens with one attached hydrogen (secondary N) is 1. The van der Waals surface area contributed by atoms with Crippen LogP contribution in [0.25, 0.3) is 0 Å². The van der Waals surface area contributed by atoms with E-state index in [1.165, 1.54) is 0 Å². The standard InChI is InChI=1S/C22H27N3O4.ClH/c1-25-12-11-23-22(25)21(16-7-6-8-18(13-16)27-2)24-14-17(26)15-29-20-10-5-4-9-19(20)28-3;/h4-13,17,21,24,26H,14-15H2,1-3H3;1H. The lowest BCUT2D eigenvalue weighted by molar-refractivity contribution is 0.103. The molecule has 3 aromatic rings. The fourth-order valence-electron chi connectivity index (χ4n) is 3.07. The van der Waals surface area contributed by atoms with Gasteiger partial charge in [0.2, 0.25) is 0 Å². The zero-order chi connectivity index (χ0) is 20.6. The van der Waals surface area contributed by atoms with Gasteiger partial charge in [-0.05, 0) is 29.8 Å². The summed E-state index contributed by atoms with van der Waals surface area (Å²) in [5, 5.41) is 13.9. The molecule has 2 N–H and O–H groups in total. The molecule has 0 bridgehead atoms. The Bertz CT molecular complexity index is 919. The van der Waals surface area contributed by atoms with Crippen LogP contribution >= 0.6 is 12.4 Å². The molecule has 0 aliphatic rings. The van der Waals surface area contributed by atoms with Gasteiger partial charge >= 0.3 is 0 Å². The van der Waals surface area contributed by atoms with E-state index < -0.39 is 6.10 Å². The number of aliphatic hydroxyl groups excluding tert-OH is 1. The monoisotopic (exact) mass is 433 g/mol. The van der Waals surface area contributed by atoms with E-state index >= 15 is 0 Å². The Hall–Kier alpha value is -2.74. The second kappa shape index (κ2) is 11.4. The summed E-state index contributed by atoms with van der Waals surface area (Å²) in [4.78, 5) is 4.47. The van der Waals surface area contributed by atoms with Crippen molar-refractivity contribution in [2.45, 2.75) is 12.1 Å². The van der Waals surface area contributed by atoms with Gasteiger partial charge < -0.3 is 29.2 Å². The molecule has 7 nitrogen and oxygen atoms in total. The van der Waals surface area contributed by atoms with E-state index in [2.05, 4.69) is 10.3 Å². The average molecular weight is 434 g/mol. The minimum atomic E-state index is -0.715. The number of ether oxygens (including phenoxy) is 3. The van der Waals surface area contributed by atoms with E-state index in [1.54, 1.807) is 20.4 Å². The molecule has 2 aromatic carbocycles. The number of benzene rings is 2. The van der Waals surface area contributed by atoms with Crippen molar-refractivity contribution >= 4 is 12.4 Å². The van der Waals surface area contributed by atoms with Crippen molar-refractivity contribution in [1.82, 2.24) is 14.9 Å². The third-order valence-electron chi connectivity index (χ3n) is 4.60. The topological polar surface area (TPSA) is 77.8 Å². The molecule has 0 aliphatic carbocycles. The fourth-order valence-corrected chi connectivity index (χ4v) is 3.07. The first-order valence-corrected chi connectivity index (χ1v) is 9.40. The number of aryl methyl sites for hydroxylation is 1. The maximum absolute atomic E-state index is 10.5. The lowest BCUT2D eigenvalue weighted by atomic mass is 10.1. The Morgan fingerprint density at radius 2 is 1.83 bits per heavy atom. The molecule has 1 heterocycles. The van der Waals surface area contributed by atoms with Crippen molar-refractivity contribution in [1.29, 1.82) is 0 Å². The zero-order valence-electron chi connectivity index (χ0n) is 17.3. The molecule has 0 aliphatic heterocycles. The SMILES string of the molecule is COc1cccc(C(NCC(O)COc2ccccc2OC)c2nccn2C)c1.Cl. The molecule has 2 atom stereocenters. The van der Waals surface area contributed by atoms with Gasteiger partial charge in [0, 0.05) is 26.0 Å². The van der Waals surface area contributed by atoms with E-state index in [0.29, 0.717) is 18.0 Å². The van der Waals surface area contributed by atoms with Gasteiger partial charge in [0.05, 0.1) is 20.3 Å². The second-order valence-corrected chi connectivity index (χ2v) is 6.63. The fraction of sp³-hybridized carbons (Fsp3) is 0.318. The highest BCUT2D eigenvalue weighted by Crippen LogP contribution is 2.26. The van der Waals surface area contributed by atoms with Crippen molar-refractivity contribution in [3.8, 4) is 17.2 Å². The third kappa shape index (κ3) is 5.89. The van der Waals surface area contributed by atoms with E-state index in [4.69, 9.17) is 14.2 Å². The summed E-state index contributed by atoms with van der Waals surface area (Å²) in [6, 6.07) is 15.0. The van der Waals surface area contributed by atoms with Gasteiger partial charge in [-0.15, -0.1) is 12.4 Å². The molecule has 0 saturated carbocycles. The van der Waals surface area contributed by atoms with E-state index in [0.717, 1.165) is 17.1 Å². The van der Waals surface area contributed by atoms with E-state index in [1.807, 2.05) is 66.3 Å². The summed E-state index contributed by atoms with van der Waals surface area (Å²) in [6.45, 7) is 0.461. The molecule has 0 saturated heterocycles. The number of rotatable bonds is 10. The van der Waals surface area contributed by atoms with Crippen molar-refractivity contribution in [2.24, 2.45) is 7.05 Å². The predicted octanol–water partition coefficient (Wildman–Crippen LogP) is 2.98. The molecule has 0 amide bonds. The quantitative estimate of drug-likeness (QED) is 0.512. The Labute approximate surface area is 183 Å². The van der Waals surface area contributed by atoms with E-state index in [9.17, 15) is 5.11 Å². The molecule has 0 fully saturated rings. The molecule has 2 unspecified atom stereocenters. The first-order chi connectivity index (χ1) is 14.1. The zero-order valence-corrected chi connectivity index (χ0v) is 18.1. The molecular formula is C22H28ClN3O4. The number of aliphatic hydroxyl groups is 1. The van der Waals surface area contributed by atoms with Crippen LogP contribution in [0.4, 0.5) is 0 Å². The summed E-state index contributed by atoms with van der Waals surface area (Å²) in [5.74, 6) is 2.84. The summed E-state index contributed by atoms with van der Waals surface area (Å²) in [6.07, 6.45) is 2.94. The first kappa shape index (κ1) is 23.5. The average Bonchev–Trinajstić information content (AvgIpc) is 3.18. The Balaban J connectivity index is 0.00000320. The van der Waals surface area contributed by atoms with E-state index in [-0.39, 0.29) is 25.1 Å². The first-order valence-electron chi connectivity index (χ1n) is 9.40. The highest BCUT2D eigenvalue weighted by Gasteiger charge is 2.20. The maximum atomic E-state index is 10.5. The van der Waals surface area contributed by atoms with Gasteiger partial charge in [-0.2, -0.15) is 0 Å². The number of para-hydroxylation sites is 2. The number of nitrogens with zero attached hydrogens (tertiary/aromatic N) is 2. The molecule has 0 spiro atoms. The summed E-state index contributed by atoms with van der Waals surface area (Å²) in [7, 11) is 5.17. The van der Waals surface area contributed by atoms with Gasteiger partial charge in [0.25, 0.3) is 0 Å². The van der Waals surface area contributed by atoms with Crippen LogP contribution < -0.4 is 19.5 Å². The van der Waals surface area contributed by atoms with Gasteiger partial charge in [-0.3, -0.25) is 0 Å². The number of methoxy groups -OCH3 is 2. The van der Waals surface area contributed by atoms with Crippen LogP contribution in [0.5, 0.6) is 17.2 Å². The van der Waals surface area contributed by atoms with Crippen molar-refractivity contribution in [3.05, 3.63) is 72.3 Å². The normalized spacial score (nSPS) is 12.5. The van der Waals surface area contributed by atoms with Crippen LogP contribution in [0.3, 0.4) is 0 Å². The van der Waals surface area contributed by atoms with Crippen LogP contribution in [0, 0.1) is 0 Å². The van der Waals surface area contributed by atoms with Gasteiger partial charge in [-0.25, -0.2) is 4.98 Å². The molecule has 30 heavy (non-hydrogen) atoms. The molecule has 3 rings (SSSR count).